The smallest absolute Gasteiger partial charge is 0.264 e. The molecule has 9 heteroatoms. The van der Waals surface area contributed by atoms with Gasteiger partial charge in [0.15, 0.2) is 5.65 Å². The molecule has 1 aliphatic carbocycles. The first kappa shape index (κ1) is 19.1. The summed E-state index contributed by atoms with van der Waals surface area (Å²) in [5.41, 5.74) is 1.70. The molecule has 1 amide bonds. The van der Waals surface area contributed by atoms with Crippen molar-refractivity contribution in [2.24, 2.45) is 0 Å². The molecule has 1 aliphatic rings. The van der Waals surface area contributed by atoms with Crippen LogP contribution in [0.1, 0.15) is 42.1 Å². The highest BCUT2D eigenvalue weighted by atomic mass is 35.5. The zero-order valence-corrected chi connectivity index (χ0v) is 16.4. The molecule has 0 bridgehead atoms. The Labute approximate surface area is 169 Å². The molecule has 2 heterocycles. The predicted octanol–water partition coefficient (Wildman–Crippen LogP) is 5.50. The molecule has 0 radical (unpaired) electrons. The van der Waals surface area contributed by atoms with Crippen LogP contribution in [0.5, 0.6) is 0 Å². The lowest BCUT2D eigenvalue weighted by Gasteiger charge is -2.09. The molecule has 0 aliphatic heterocycles. The number of nitrogens with zero attached hydrogens (tertiary/aromatic N) is 3. The van der Waals surface area contributed by atoms with Crippen molar-refractivity contribution in [3.05, 3.63) is 51.3 Å². The van der Waals surface area contributed by atoms with E-state index in [2.05, 4.69) is 15.4 Å². The minimum atomic E-state index is -2.64. The number of aromatic nitrogens is 3. The Morgan fingerprint density at radius 2 is 1.93 bits per heavy atom. The summed E-state index contributed by atoms with van der Waals surface area (Å²) >= 11 is 11.9. The maximum absolute atomic E-state index is 13.6. The topological polar surface area (TPSA) is 59.8 Å². The summed E-state index contributed by atoms with van der Waals surface area (Å²) < 4.78 is 28.6. The molecule has 5 nitrogen and oxygen atoms in total. The third kappa shape index (κ3) is 3.82. The van der Waals surface area contributed by atoms with Gasteiger partial charge in [0, 0.05) is 32.9 Å². The van der Waals surface area contributed by atoms with Crippen LogP contribution in [-0.2, 0) is 11.3 Å². The molecule has 1 N–H and O–H groups in total. The SMILES string of the molecule is Cc1nn(CC(=O)Nc2cc(Cl)cc(Cl)c2)c2nc(C3CC3)cc(C(F)F)c12. The Bertz CT molecular complexity index is 1060. The van der Waals surface area contributed by atoms with Gasteiger partial charge in [-0.1, -0.05) is 23.2 Å². The second kappa shape index (κ2) is 7.29. The van der Waals surface area contributed by atoms with Gasteiger partial charge in [-0.25, -0.2) is 18.4 Å². The van der Waals surface area contributed by atoms with Crippen molar-refractivity contribution in [2.45, 2.75) is 38.7 Å². The quantitative estimate of drug-likeness (QED) is 0.587. The Morgan fingerprint density at radius 1 is 1.25 bits per heavy atom. The number of benzene rings is 1. The normalized spacial score (nSPS) is 14.1. The lowest BCUT2D eigenvalue weighted by Crippen LogP contribution is -2.20. The number of nitrogens with one attached hydrogen (secondary N) is 1. The zero-order valence-electron chi connectivity index (χ0n) is 14.8. The second-order valence-electron chi connectivity index (χ2n) is 6.86. The van der Waals surface area contributed by atoms with Gasteiger partial charge in [0.25, 0.3) is 6.43 Å². The lowest BCUT2D eigenvalue weighted by molar-refractivity contribution is -0.116. The van der Waals surface area contributed by atoms with Crippen molar-refractivity contribution in [1.82, 2.24) is 14.8 Å². The third-order valence-electron chi connectivity index (χ3n) is 4.60. The fourth-order valence-corrected chi connectivity index (χ4v) is 3.77. The number of anilines is 1. The van der Waals surface area contributed by atoms with Crippen LogP contribution in [0.3, 0.4) is 0 Å². The maximum Gasteiger partial charge on any atom is 0.264 e. The van der Waals surface area contributed by atoms with Crippen LogP contribution in [0, 0.1) is 6.92 Å². The Kier molecular flexibility index (Phi) is 4.97. The van der Waals surface area contributed by atoms with Crippen molar-refractivity contribution in [3.63, 3.8) is 0 Å². The first-order valence-corrected chi connectivity index (χ1v) is 9.49. The van der Waals surface area contributed by atoms with Crippen LogP contribution >= 0.6 is 23.2 Å². The highest BCUT2D eigenvalue weighted by Crippen LogP contribution is 2.41. The van der Waals surface area contributed by atoms with Crippen LogP contribution in [0.2, 0.25) is 10.0 Å². The molecule has 4 rings (SSSR count). The van der Waals surface area contributed by atoms with E-state index < -0.39 is 6.43 Å². The predicted molar refractivity (Wildman–Crippen MR) is 104 cm³/mol. The number of alkyl halides is 2. The molecular weight excluding hydrogens is 409 g/mol. The molecule has 1 saturated carbocycles. The molecule has 1 aromatic carbocycles. The van der Waals surface area contributed by atoms with Crippen LogP contribution < -0.4 is 5.32 Å². The standard InChI is InChI=1S/C19H16Cl2F2N4O/c1-9-17-14(18(22)23)7-15(10-2-3-10)25-19(17)27(26-9)8-16(28)24-13-5-11(20)4-12(21)6-13/h4-7,10,18H,2-3,8H2,1H3,(H,24,28). The van der Waals surface area contributed by atoms with Gasteiger partial charge in [0.05, 0.1) is 11.1 Å². The molecule has 0 spiro atoms. The van der Waals surface area contributed by atoms with E-state index in [1.54, 1.807) is 25.1 Å². The molecule has 146 valence electrons. The highest BCUT2D eigenvalue weighted by Gasteiger charge is 2.29. The van der Waals surface area contributed by atoms with Crippen molar-refractivity contribution < 1.29 is 13.6 Å². The van der Waals surface area contributed by atoms with E-state index in [9.17, 15) is 13.6 Å². The average molecular weight is 425 g/mol. The average Bonchev–Trinajstić information content (AvgIpc) is 3.39. The van der Waals surface area contributed by atoms with E-state index >= 15 is 0 Å². The van der Waals surface area contributed by atoms with Gasteiger partial charge < -0.3 is 5.32 Å². The monoisotopic (exact) mass is 424 g/mol. The maximum atomic E-state index is 13.6. The largest absolute Gasteiger partial charge is 0.324 e. The van der Waals surface area contributed by atoms with E-state index in [-0.39, 0.29) is 23.9 Å². The number of pyridine rings is 1. The summed E-state index contributed by atoms with van der Waals surface area (Å²) in [6, 6.07) is 6.16. The molecule has 3 aromatic rings. The van der Waals surface area contributed by atoms with Gasteiger partial charge in [0.1, 0.15) is 6.54 Å². The van der Waals surface area contributed by atoms with Crippen LogP contribution in [0.25, 0.3) is 11.0 Å². The number of fused-ring (bicyclic) bond motifs is 1. The second-order valence-corrected chi connectivity index (χ2v) is 7.73. The Hall–Kier alpha value is -2.25. The van der Waals surface area contributed by atoms with Gasteiger partial charge in [-0.2, -0.15) is 5.10 Å². The summed E-state index contributed by atoms with van der Waals surface area (Å²) in [7, 11) is 0. The van der Waals surface area contributed by atoms with Crippen molar-refractivity contribution >= 4 is 45.8 Å². The minimum Gasteiger partial charge on any atom is -0.324 e. The minimum absolute atomic E-state index is 0.0855. The van der Waals surface area contributed by atoms with Crippen LogP contribution in [0.15, 0.2) is 24.3 Å². The molecule has 0 saturated heterocycles. The van der Waals surface area contributed by atoms with Gasteiger partial charge in [0.2, 0.25) is 5.91 Å². The molecule has 1 fully saturated rings. The summed E-state index contributed by atoms with van der Waals surface area (Å²) in [4.78, 5) is 17.0. The molecule has 28 heavy (non-hydrogen) atoms. The summed E-state index contributed by atoms with van der Waals surface area (Å²) in [5, 5.41) is 8.05. The number of carbonyl (C=O) groups excluding carboxylic acids is 1. The van der Waals surface area contributed by atoms with Gasteiger partial charge in [-0.3, -0.25) is 4.79 Å². The number of amides is 1. The first-order chi connectivity index (χ1) is 13.3. The van der Waals surface area contributed by atoms with Gasteiger partial charge >= 0.3 is 0 Å². The number of carbonyl (C=O) groups is 1. The van der Waals surface area contributed by atoms with Crippen LogP contribution in [0.4, 0.5) is 14.5 Å². The lowest BCUT2D eigenvalue weighted by atomic mass is 10.1. The van der Waals surface area contributed by atoms with Crippen molar-refractivity contribution in [1.29, 1.82) is 0 Å². The molecule has 2 aromatic heterocycles. The molecule has 0 unspecified atom stereocenters. The van der Waals surface area contributed by atoms with Crippen LogP contribution in [-0.4, -0.2) is 20.7 Å². The number of aryl methyl sites for hydroxylation is 1. The highest BCUT2D eigenvalue weighted by molar-refractivity contribution is 6.35. The first-order valence-electron chi connectivity index (χ1n) is 8.74. The number of hydrogen-bond donors (Lipinski definition) is 1. The molecule has 0 atom stereocenters. The van der Waals surface area contributed by atoms with E-state index in [4.69, 9.17) is 23.2 Å². The fourth-order valence-electron chi connectivity index (χ4n) is 3.24. The Morgan fingerprint density at radius 3 is 2.54 bits per heavy atom. The summed E-state index contributed by atoms with van der Waals surface area (Å²) in [6.45, 7) is 1.47. The summed E-state index contributed by atoms with van der Waals surface area (Å²) in [6.07, 6.45) is -0.768. The molecular formula is C19H16Cl2F2N4O. The Balaban J connectivity index is 1.67. The van der Waals surface area contributed by atoms with E-state index in [0.717, 1.165) is 12.8 Å². The number of halogens is 4. The van der Waals surface area contributed by atoms with Crippen molar-refractivity contribution in [2.75, 3.05) is 5.32 Å². The number of hydrogen-bond acceptors (Lipinski definition) is 3. The van der Waals surface area contributed by atoms with E-state index in [0.29, 0.717) is 38.2 Å². The summed E-state index contributed by atoms with van der Waals surface area (Å²) in [5.74, 6) is -0.187. The van der Waals surface area contributed by atoms with E-state index in [1.165, 1.54) is 10.7 Å². The number of rotatable bonds is 5. The zero-order chi connectivity index (χ0) is 20.0. The van der Waals surface area contributed by atoms with Gasteiger partial charge in [-0.15, -0.1) is 0 Å². The van der Waals surface area contributed by atoms with Gasteiger partial charge in [-0.05, 0) is 44.0 Å². The third-order valence-corrected chi connectivity index (χ3v) is 5.03. The fraction of sp³-hybridized carbons (Fsp3) is 0.316. The van der Waals surface area contributed by atoms with E-state index in [1.807, 2.05) is 0 Å². The van der Waals surface area contributed by atoms with Crippen molar-refractivity contribution in [3.8, 4) is 0 Å².